The van der Waals surface area contributed by atoms with E-state index in [4.69, 9.17) is 0 Å². The van der Waals surface area contributed by atoms with Crippen molar-refractivity contribution in [1.29, 1.82) is 0 Å². The molecule has 0 bridgehead atoms. The van der Waals surface area contributed by atoms with Crippen molar-refractivity contribution in [3.63, 3.8) is 0 Å². The summed E-state index contributed by atoms with van der Waals surface area (Å²) >= 11 is 0. The summed E-state index contributed by atoms with van der Waals surface area (Å²) in [7, 11) is 4.43. The molecule has 1 N–H and O–H groups in total. The zero-order valence-corrected chi connectivity index (χ0v) is 12.2. The molecule has 1 fully saturated rings. The van der Waals surface area contributed by atoms with E-state index in [1.807, 2.05) is 12.4 Å². The van der Waals surface area contributed by atoms with Crippen molar-refractivity contribution in [2.45, 2.75) is 18.9 Å². The van der Waals surface area contributed by atoms with Crippen LogP contribution in [-0.4, -0.2) is 67.6 Å². The molecule has 2 rings (SSSR count). The van der Waals surface area contributed by atoms with Gasteiger partial charge in [-0.3, -0.25) is 4.98 Å². The lowest BCUT2D eigenvalue weighted by molar-refractivity contribution is 0.214. The van der Waals surface area contributed by atoms with E-state index >= 15 is 0 Å². The van der Waals surface area contributed by atoms with E-state index < -0.39 is 0 Å². The van der Waals surface area contributed by atoms with Crippen molar-refractivity contribution < 1.29 is 0 Å². The fourth-order valence-corrected chi connectivity index (χ4v) is 2.54. The van der Waals surface area contributed by atoms with Crippen LogP contribution in [0.3, 0.4) is 0 Å². The van der Waals surface area contributed by atoms with Gasteiger partial charge in [-0.15, -0.1) is 0 Å². The van der Waals surface area contributed by atoms with Gasteiger partial charge in [0, 0.05) is 44.6 Å². The number of pyridine rings is 1. The smallest absolute Gasteiger partial charge is 0.0270 e. The van der Waals surface area contributed by atoms with Crippen molar-refractivity contribution in [2.24, 2.45) is 0 Å². The molecule has 0 spiro atoms. The first-order valence-corrected chi connectivity index (χ1v) is 7.23. The molecule has 0 aromatic carbocycles. The number of rotatable bonds is 6. The van der Waals surface area contributed by atoms with Gasteiger partial charge in [-0.1, -0.05) is 0 Å². The Kier molecular flexibility index (Phi) is 5.76. The van der Waals surface area contributed by atoms with Crippen LogP contribution in [0.5, 0.6) is 0 Å². The maximum atomic E-state index is 4.05. The minimum absolute atomic E-state index is 0.655. The quantitative estimate of drug-likeness (QED) is 0.823. The van der Waals surface area contributed by atoms with Crippen LogP contribution in [0.2, 0.25) is 0 Å². The van der Waals surface area contributed by atoms with Crippen LogP contribution >= 0.6 is 0 Å². The number of hydrogen-bond acceptors (Lipinski definition) is 4. The highest BCUT2D eigenvalue weighted by Crippen LogP contribution is 2.03. The van der Waals surface area contributed by atoms with E-state index in [9.17, 15) is 0 Å². The highest BCUT2D eigenvalue weighted by atomic mass is 15.2. The summed E-state index contributed by atoms with van der Waals surface area (Å²) in [5, 5.41) is 3.60. The van der Waals surface area contributed by atoms with Crippen LogP contribution in [0.4, 0.5) is 0 Å². The van der Waals surface area contributed by atoms with E-state index in [1.165, 1.54) is 25.1 Å². The number of aromatic nitrogens is 1. The summed E-state index contributed by atoms with van der Waals surface area (Å²) in [5.74, 6) is 0. The molecule has 1 unspecified atom stereocenters. The molecule has 0 saturated carbocycles. The van der Waals surface area contributed by atoms with Gasteiger partial charge in [0.25, 0.3) is 0 Å². The highest BCUT2D eigenvalue weighted by molar-refractivity contribution is 5.09. The van der Waals surface area contributed by atoms with Crippen LogP contribution < -0.4 is 5.32 Å². The fourth-order valence-electron chi connectivity index (χ4n) is 2.54. The van der Waals surface area contributed by atoms with Gasteiger partial charge >= 0.3 is 0 Å². The van der Waals surface area contributed by atoms with Crippen molar-refractivity contribution in [3.8, 4) is 0 Å². The Morgan fingerprint density at radius 2 is 2.16 bits per heavy atom. The number of piperazine rings is 1. The van der Waals surface area contributed by atoms with E-state index in [0.717, 1.165) is 26.1 Å². The number of hydrogen-bond donors (Lipinski definition) is 1. The highest BCUT2D eigenvalue weighted by Gasteiger charge is 2.16. The van der Waals surface area contributed by atoms with E-state index in [2.05, 4.69) is 46.3 Å². The molecule has 0 aliphatic carbocycles. The van der Waals surface area contributed by atoms with Gasteiger partial charge in [-0.2, -0.15) is 0 Å². The minimum Gasteiger partial charge on any atom is -0.311 e. The second-order valence-electron chi connectivity index (χ2n) is 5.61. The minimum atomic E-state index is 0.655. The summed E-state index contributed by atoms with van der Waals surface area (Å²) in [5.41, 5.74) is 1.37. The third-order valence-electron chi connectivity index (χ3n) is 3.85. The fraction of sp³-hybridized carbons (Fsp3) is 0.667. The standard InChI is InChI=1S/C15H26N4/c1-18(10-5-14-3-7-16-8-4-14)11-6-15-13-19(2)12-9-17-15/h3-4,7-8,15,17H,5-6,9-13H2,1-2H3. The average molecular weight is 262 g/mol. The molecule has 0 radical (unpaired) electrons. The molecule has 106 valence electrons. The van der Waals surface area contributed by atoms with Crippen LogP contribution in [0, 0.1) is 0 Å². The van der Waals surface area contributed by atoms with Gasteiger partial charge in [0.1, 0.15) is 0 Å². The maximum Gasteiger partial charge on any atom is 0.0270 e. The normalized spacial score (nSPS) is 20.9. The Morgan fingerprint density at radius 3 is 2.89 bits per heavy atom. The molecule has 19 heavy (non-hydrogen) atoms. The molecule has 0 amide bonds. The van der Waals surface area contributed by atoms with Crippen LogP contribution in [-0.2, 0) is 6.42 Å². The molecule has 1 aromatic heterocycles. The lowest BCUT2D eigenvalue weighted by atomic mass is 10.1. The lowest BCUT2D eigenvalue weighted by Gasteiger charge is -2.32. The van der Waals surface area contributed by atoms with Gasteiger partial charge in [-0.25, -0.2) is 0 Å². The van der Waals surface area contributed by atoms with Crippen molar-refractivity contribution in [2.75, 3.05) is 46.8 Å². The molecular formula is C15H26N4. The summed E-state index contributed by atoms with van der Waals surface area (Å²) in [6.07, 6.45) is 6.09. The molecule has 4 heteroatoms. The van der Waals surface area contributed by atoms with E-state index in [1.54, 1.807) is 0 Å². The van der Waals surface area contributed by atoms with Crippen molar-refractivity contribution in [1.82, 2.24) is 20.1 Å². The third-order valence-corrected chi connectivity index (χ3v) is 3.85. The zero-order valence-electron chi connectivity index (χ0n) is 12.2. The molecular weight excluding hydrogens is 236 g/mol. The van der Waals surface area contributed by atoms with E-state index in [-0.39, 0.29) is 0 Å². The van der Waals surface area contributed by atoms with Crippen LogP contribution in [0.25, 0.3) is 0 Å². The lowest BCUT2D eigenvalue weighted by Crippen LogP contribution is -2.49. The monoisotopic (exact) mass is 262 g/mol. The Bertz CT molecular complexity index is 354. The van der Waals surface area contributed by atoms with Gasteiger partial charge < -0.3 is 15.1 Å². The van der Waals surface area contributed by atoms with Crippen molar-refractivity contribution in [3.05, 3.63) is 30.1 Å². The van der Waals surface area contributed by atoms with Crippen LogP contribution in [0.1, 0.15) is 12.0 Å². The molecule has 4 nitrogen and oxygen atoms in total. The summed E-state index contributed by atoms with van der Waals surface area (Å²) < 4.78 is 0. The predicted molar refractivity (Wildman–Crippen MR) is 79.3 cm³/mol. The summed E-state index contributed by atoms with van der Waals surface area (Å²) in [4.78, 5) is 8.89. The first-order valence-electron chi connectivity index (χ1n) is 7.23. The third kappa shape index (κ3) is 5.27. The first-order chi connectivity index (χ1) is 9.24. The Morgan fingerprint density at radius 1 is 1.37 bits per heavy atom. The Hall–Kier alpha value is -0.970. The molecule has 1 aliphatic rings. The second kappa shape index (κ2) is 7.58. The second-order valence-corrected chi connectivity index (χ2v) is 5.61. The van der Waals surface area contributed by atoms with Crippen molar-refractivity contribution >= 4 is 0 Å². The number of nitrogens with one attached hydrogen (secondary N) is 1. The zero-order chi connectivity index (χ0) is 13.5. The van der Waals surface area contributed by atoms with E-state index in [0.29, 0.717) is 6.04 Å². The summed E-state index contributed by atoms with van der Waals surface area (Å²) in [6.45, 7) is 5.76. The molecule has 1 aliphatic heterocycles. The average Bonchev–Trinajstić information content (AvgIpc) is 2.44. The largest absolute Gasteiger partial charge is 0.311 e. The molecule has 1 atom stereocenters. The topological polar surface area (TPSA) is 31.4 Å². The number of likely N-dealkylation sites (N-methyl/N-ethyl adjacent to an activating group) is 2. The molecule has 1 saturated heterocycles. The summed E-state index contributed by atoms with van der Waals surface area (Å²) in [6, 6.07) is 4.86. The van der Waals surface area contributed by atoms with Gasteiger partial charge in [0.15, 0.2) is 0 Å². The predicted octanol–water partition coefficient (Wildman–Crippen LogP) is 0.850. The number of nitrogens with zero attached hydrogens (tertiary/aromatic N) is 3. The maximum absolute atomic E-state index is 4.05. The Labute approximate surface area is 116 Å². The van der Waals surface area contributed by atoms with Crippen LogP contribution in [0.15, 0.2) is 24.5 Å². The first kappa shape index (κ1) is 14.4. The van der Waals surface area contributed by atoms with Gasteiger partial charge in [-0.05, 0) is 51.2 Å². The van der Waals surface area contributed by atoms with Gasteiger partial charge in [0.05, 0.1) is 0 Å². The van der Waals surface area contributed by atoms with Gasteiger partial charge in [0.2, 0.25) is 0 Å². The Balaban J connectivity index is 1.63. The molecule has 2 heterocycles. The molecule has 1 aromatic rings. The SMILES string of the molecule is CN(CCc1ccncc1)CCC1CN(C)CCN1.